The molecule has 0 spiro atoms. The van der Waals surface area contributed by atoms with Crippen molar-refractivity contribution >= 4 is 32.8 Å². The van der Waals surface area contributed by atoms with Crippen LogP contribution in [0, 0.1) is 6.92 Å². The van der Waals surface area contributed by atoms with Crippen LogP contribution in [0.2, 0.25) is 0 Å². The van der Waals surface area contributed by atoms with E-state index in [0.717, 1.165) is 26.6 Å². The number of benzene rings is 2. The number of carboxylic acid groups (broad SMARTS) is 1. The average molecular weight is 344 g/mol. The number of carboxylic acids is 1. The Morgan fingerprint density at radius 1 is 1.14 bits per heavy atom. The highest BCUT2D eigenvalue weighted by atomic mass is 79.9. The minimum Gasteiger partial charge on any atom is -0.478 e. The lowest BCUT2D eigenvalue weighted by molar-refractivity contribution is 0.0698. The predicted molar refractivity (Wildman–Crippen MR) is 86.9 cm³/mol. The summed E-state index contributed by atoms with van der Waals surface area (Å²) in [6, 6.07) is 15.7. The van der Waals surface area contributed by atoms with Crippen molar-refractivity contribution in [1.82, 2.24) is 4.57 Å². The van der Waals surface area contributed by atoms with Crippen molar-refractivity contribution in [2.75, 3.05) is 0 Å². The molecule has 3 aromatic rings. The molecule has 0 aliphatic rings. The van der Waals surface area contributed by atoms with Crippen molar-refractivity contribution in [2.45, 2.75) is 13.5 Å². The summed E-state index contributed by atoms with van der Waals surface area (Å²) < 4.78 is 3.09. The van der Waals surface area contributed by atoms with Gasteiger partial charge in [0, 0.05) is 27.6 Å². The largest absolute Gasteiger partial charge is 0.478 e. The van der Waals surface area contributed by atoms with E-state index in [1.165, 1.54) is 0 Å². The summed E-state index contributed by atoms with van der Waals surface area (Å²) in [5.74, 6) is -0.877. The highest BCUT2D eigenvalue weighted by Gasteiger charge is 2.18. The highest BCUT2D eigenvalue weighted by Crippen LogP contribution is 2.27. The Balaban J connectivity index is 2.16. The maximum Gasteiger partial charge on any atom is 0.338 e. The van der Waals surface area contributed by atoms with Crippen molar-refractivity contribution < 1.29 is 9.90 Å². The fourth-order valence-electron chi connectivity index (χ4n) is 2.68. The Labute approximate surface area is 131 Å². The van der Waals surface area contributed by atoms with Crippen LogP contribution in [0.1, 0.15) is 21.6 Å². The van der Waals surface area contributed by atoms with E-state index in [2.05, 4.69) is 20.5 Å². The summed E-state index contributed by atoms with van der Waals surface area (Å²) in [4.78, 5) is 11.5. The Morgan fingerprint density at radius 2 is 1.81 bits per heavy atom. The van der Waals surface area contributed by atoms with Crippen LogP contribution in [-0.4, -0.2) is 15.6 Å². The summed E-state index contributed by atoms with van der Waals surface area (Å²) in [6.07, 6.45) is 0. The van der Waals surface area contributed by atoms with Gasteiger partial charge in [0.05, 0.1) is 5.56 Å². The van der Waals surface area contributed by atoms with E-state index in [9.17, 15) is 9.90 Å². The number of rotatable bonds is 3. The first-order valence-electron chi connectivity index (χ1n) is 6.63. The summed E-state index contributed by atoms with van der Waals surface area (Å²) >= 11 is 3.42. The molecule has 1 N–H and O–H groups in total. The fraction of sp³-hybridized carbons (Fsp3) is 0.118. The molecule has 3 rings (SSSR count). The van der Waals surface area contributed by atoms with Gasteiger partial charge in [-0.15, -0.1) is 0 Å². The third-order valence-electron chi connectivity index (χ3n) is 3.70. The lowest BCUT2D eigenvalue weighted by atomic mass is 10.1. The number of aromatic nitrogens is 1. The summed E-state index contributed by atoms with van der Waals surface area (Å²) in [5, 5.41) is 10.3. The van der Waals surface area contributed by atoms with Crippen molar-refractivity contribution in [3.63, 3.8) is 0 Å². The maximum atomic E-state index is 11.5. The molecular weight excluding hydrogens is 330 g/mol. The molecule has 0 unspecified atom stereocenters. The zero-order chi connectivity index (χ0) is 15.0. The van der Waals surface area contributed by atoms with Crippen LogP contribution < -0.4 is 0 Å². The number of hydrogen-bond acceptors (Lipinski definition) is 1. The lowest BCUT2D eigenvalue weighted by Gasteiger charge is -2.09. The molecule has 3 nitrogen and oxygen atoms in total. The second kappa shape index (κ2) is 5.37. The van der Waals surface area contributed by atoms with E-state index in [0.29, 0.717) is 12.1 Å². The second-order valence-electron chi connectivity index (χ2n) is 5.00. The van der Waals surface area contributed by atoms with Crippen LogP contribution in [0.5, 0.6) is 0 Å². The molecule has 0 radical (unpaired) electrons. The molecule has 106 valence electrons. The van der Waals surface area contributed by atoms with E-state index in [1.807, 2.05) is 55.5 Å². The van der Waals surface area contributed by atoms with Crippen LogP contribution >= 0.6 is 15.9 Å². The SMILES string of the molecule is Cc1c(C(=O)O)c2ccccc2n1Cc1ccc(Br)cc1. The molecule has 0 atom stereocenters. The van der Waals surface area contributed by atoms with Gasteiger partial charge in [-0.3, -0.25) is 0 Å². The van der Waals surface area contributed by atoms with E-state index < -0.39 is 5.97 Å². The Bertz CT molecular complexity index is 819. The molecule has 1 aromatic heterocycles. The topological polar surface area (TPSA) is 42.2 Å². The molecule has 0 aliphatic carbocycles. The van der Waals surface area contributed by atoms with E-state index in [-0.39, 0.29) is 0 Å². The number of fused-ring (bicyclic) bond motifs is 1. The normalized spacial score (nSPS) is 11.0. The number of carbonyl (C=O) groups is 1. The molecule has 0 fully saturated rings. The molecule has 0 aliphatic heterocycles. The first-order chi connectivity index (χ1) is 10.1. The Morgan fingerprint density at radius 3 is 2.48 bits per heavy atom. The third kappa shape index (κ3) is 2.47. The smallest absolute Gasteiger partial charge is 0.338 e. The predicted octanol–water partition coefficient (Wildman–Crippen LogP) is 4.46. The van der Waals surface area contributed by atoms with Gasteiger partial charge in [-0.1, -0.05) is 46.3 Å². The minimum atomic E-state index is -0.877. The molecule has 0 saturated carbocycles. The molecule has 0 amide bonds. The first kappa shape index (κ1) is 13.9. The van der Waals surface area contributed by atoms with Gasteiger partial charge >= 0.3 is 5.97 Å². The molecule has 1 heterocycles. The number of hydrogen-bond donors (Lipinski definition) is 1. The third-order valence-corrected chi connectivity index (χ3v) is 4.23. The van der Waals surface area contributed by atoms with Gasteiger partial charge in [0.15, 0.2) is 0 Å². The minimum absolute atomic E-state index is 0.391. The van der Waals surface area contributed by atoms with Crippen LogP contribution in [0.25, 0.3) is 10.9 Å². The zero-order valence-corrected chi connectivity index (χ0v) is 13.1. The molecular formula is C17H14BrNO2. The standard InChI is InChI=1S/C17H14BrNO2/c1-11-16(17(20)21)14-4-2-3-5-15(14)19(11)10-12-6-8-13(18)9-7-12/h2-9H,10H2,1H3,(H,20,21). The Kier molecular flexibility index (Phi) is 3.55. The lowest BCUT2D eigenvalue weighted by Crippen LogP contribution is -2.04. The molecule has 0 saturated heterocycles. The van der Waals surface area contributed by atoms with Crippen molar-refractivity contribution in [1.29, 1.82) is 0 Å². The van der Waals surface area contributed by atoms with Crippen LogP contribution in [0.4, 0.5) is 0 Å². The monoisotopic (exact) mass is 343 g/mol. The van der Waals surface area contributed by atoms with Crippen LogP contribution in [0.15, 0.2) is 53.0 Å². The van der Waals surface area contributed by atoms with Crippen molar-refractivity contribution in [3.8, 4) is 0 Å². The summed E-state index contributed by atoms with van der Waals surface area (Å²) in [6.45, 7) is 2.52. The van der Waals surface area contributed by atoms with Gasteiger partial charge in [0.1, 0.15) is 0 Å². The number of nitrogens with zero attached hydrogens (tertiary/aromatic N) is 1. The van der Waals surface area contributed by atoms with E-state index >= 15 is 0 Å². The number of halogens is 1. The van der Waals surface area contributed by atoms with E-state index in [1.54, 1.807) is 0 Å². The maximum absolute atomic E-state index is 11.5. The van der Waals surface area contributed by atoms with Crippen molar-refractivity contribution in [3.05, 3.63) is 69.8 Å². The van der Waals surface area contributed by atoms with Crippen LogP contribution in [-0.2, 0) is 6.54 Å². The van der Waals surface area contributed by atoms with Gasteiger partial charge in [-0.05, 0) is 30.7 Å². The van der Waals surface area contributed by atoms with Crippen molar-refractivity contribution in [2.24, 2.45) is 0 Å². The molecule has 2 aromatic carbocycles. The van der Waals surface area contributed by atoms with Gasteiger partial charge < -0.3 is 9.67 Å². The fourth-order valence-corrected chi connectivity index (χ4v) is 2.94. The van der Waals surface area contributed by atoms with Crippen LogP contribution in [0.3, 0.4) is 0 Å². The second-order valence-corrected chi connectivity index (χ2v) is 5.91. The quantitative estimate of drug-likeness (QED) is 0.762. The molecule has 0 bridgehead atoms. The first-order valence-corrected chi connectivity index (χ1v) is 7.43. The Hall–Kier alpha value is -2.07. The molecule has 21 heavy (non-hydrogen) atoms. The number of aromatic carboxylic acids is 1. The van der Waals surface area contributed by atoms with Gasteiger partial charge in [0.25, 0.3) is 0 Å². The van der Waals surface area contributed by atoms with Gasteiger partial charge in [0.2, 0.25) is 0 Å². The summed E-state index contributed by atoms with van der Waals surface area (Å²) in [5.41, 5.74) is 3.27. The average Bonchev–Trinajstić information content (AvgIpc) is 2.74. The number of para-hydroxylation sites is 1. The summed E-state index contributed by atoms with van der Waals surface area (Å²) in [7, 11) is 0. The molecule has 4 heteroatoms. The van der Waals surface area contributed by atoms with Gasteiger partial charge in [-0.2, -0.15) is 0 Å². The van der Waals surface area contributed by atoms with E-state index in [4.69, 9.17) is 0 Å². The van der Waals surface area contributed by atoms with Gasteiger partial charge in [-0.25, -0.2) is 4.79 Å². The zero-order valence-electron chi connectivity index (χ0n) is 11.5. The highest BCUT2D eigenvalue weighted by molar-refractivity contribution is 9.10.